The predicted molar refractivity (Wildman–Crippen MR) is 41.4 cm³/mol. The standard InChI is InChI=1S/C7H10N2O/c1-5-3-6(8)7(10-5)4-9-2/h3-4H,8H2,1-2H3. The van der Waals surface area contributed by atoms with Gasteiger partial charge in [0.1, 0.15) is 5.76 Å². The van der Waals surface area contributed by atoms with Crippen molar-refractivity contribution in [1.29, 1.82) is 0 Å². The van der Waals surface area contributed by atoms with E-state index in [4.69, 9.17) is 10.2 Å². The molecule has 0 spiro atoms. The monoisotopic (exact) mass is 138 g/mol. The number of furan rings is 1. The van der Waals surface area contributed by atoms with Gasteiger partial charge < -0.3 is 10.2 Å². The minimum atomic E-state index is 0.639. The van der Waals surface area contributed by atoms with Crippen molar-refractivity contribution < 1.29 is 4.42 Å². The summed E-state index contributed by atoms with van der Waals surface area (Å²) < 4.78 is 5.18. The second kappa shape index (κ2) is 2.56. The van der Waals surface area contributed by atoms with E-state index < -0.39 is 0 Å². The summed E-state index contributed by atoms with van der Waals surface area (Å²) in [6.45, 7) is 1.85. The van der Waals surface area contributed by atoms with E-state index >= 15 is 0 Å². The summed E-state index contributed by atoms with van der Waals surface area (Å²) in [5.74, 6) is 1.45. The van der Waals surface area contributed by atoms with Crippen molar-refractivity contribution in [3.05, 3.63) is 17.6 Å². The van der Waals surface area contributed by atoms with Crippen LogP contribution in [0.3, 0.4) is 0 Å². The fourth-order valence-electron chi connectivity index (χ4n) is 0.770. The zero-order chi connectivity index (χ0) is 7.56. The highest BCUT2D eigenvalue weighted by molar-refractivity contribution is 5.83. The number of aliphatic imine (C=N–C) groups is 1. The van der Waals surface area contributed by atoms with Crippen LogP contribution >= 0.6 is 0 Å². The average molecular weight is 138 g/mol. The van der Waals surface area contributed by atoms with Crippen LogP contribution in [0.4, 0.5) is 5.69 Å². The van der Waals surface area contributed by atoms with Crippen LogP contribution in [0.15, 0.2) is 15.5 Å². The molecular formula is C7H10N2O. The molecule has 0 aromatic carbocycles. The van der Waals surface area contributed by atoms with E-state index in [1.165, 1.54) is 0 Å². The fourth-order valence-corrected chi connectivity index (χ4v) is 0.770. The Labute approximate surface area is 59.6 Å². The molecular weight excluding hydrogens is 128 g/mol. The lowest BCUT2D eigenvalue weighted by Gasteiger charge is -1.84. The first-order valence-corrected chi connectivity index (χ1v) is 3.02. The van der Waals surface area contributed by atoms with Crippen LogP contribution in [0.25, 0.3) is 0 Å². The van der Waals surface area contributed by atoms with Crippen molar-refractivity contribution in [1.82, 2.24) is 0 Å². The molecule has 0 bridgehead atoms. The number of nitrogens with zero attached hydrogens (tertiary/aromatic N) is 1. The number of hydrogen-bond acceptors (Lipinski definition) is 3. The van der Waals surface area contributed by atoms with Crippen LogP contribution in [0, 0.1) is 6.92 Å². The van der Waals surface area contributed by atoms with Crippen LogP contribution < -0.4 is 5.73 Å². The van der Waals surface area contributed by atoms with Gasteiger partial charge in [-0.1, -0.05) is 0 Å². The molecule has 54 valence electrons. The maximum atomic E-state index is 5.54. The number of anilines is 1. The maximum Gasteiger partial charge on any atom is 0.167 e. The number of nitrogens with two attached hydrogens (primary N) is 1. The first kappa shape index (κ1) is 6.86. The van der Waals surface area contributed by atoms with E-state index in [0.29, 0.717) is 11.4 Å². The lowest BCUT2D eigenvalue weighted by Crippen LogP contribution is -1.86. The Bertz CT molecular complexity index is 250. The highest BCUT2D eigenvalue weighted by atomic mass is 16.3. The van der Waals surface area contributed by atoms with Gasteiger partial charge in [0.2, 0.25) is 0 Å². The highest BCUT2D eigenvalue weighted by Gasteiger charge is 2.00. The van der Waals surface area contributed by atoms with Crippen LogP contribution in [0.1, 0.15) is 11.5 Å². The zero-order valence-electron chi connectivity index (χ0n) is 6.09. The molecule has 2 N–H and O–H groups in total. The summed E-state index contributed by atoms with van der Waals surface area (Å²) in [5.41, 5.74) is 6.18. The average Bonchev–Trinajstić information content (AvgIpc) is 2.13. The summed E-state index contributed by atoms with van der Waals surface area (Å²) in [6, 6.07) is 1.77. The van der Waals surface area contributed by atoms with Crippen LogP contribution in [0.2, 0.25) is 0 Å². The third-order valence-electron chi connectivity index (χ3n) is 1.16. The molecule has 0 amide bonds. The Balaban J connectivity index is 3.03. The van der Waals surface area contributed by atoms with Gasteiger partial charge in [0, 0.05) is 13.1 Å². The zero-order valence-corrected chi connectivity index (χ0v) is 6.09. The molecule has 1 aromatic heterocycles. The first-order valence-electron chi connectivity index (χ1n) is 3.02. The first-order chi connectivity index (χ1) is 4.74. The molecule has 3 nitrogen and oxygen atoms in total. The molecule has 3 heteroatoms. The van der Waals surface area contributed by atoms with Crippen molar-refractivity contribution in [2.45, 2.75) is 6.92 Å². The summed E-state index contributed by atoms with van der Waals surface area (Å²) in [7, 11) is 1.68. The fraction of sp³-hybridized carbons (Fsp3) is 0.286. The van der Waals surface area contributed by atoms with Gasteiger partial charge >= 0.3 is 0 Å². The van der Waals surface area contributed by atoms with Crippen LogP contribution in [-0.4, -0.2) is 13.3 Å². The van der Waals surface area contributed by atoms with Gasteiger partial charge in [-0.15, -0.1) is 0 Å². The smallest absolute Gasteiger partial charge is 0.167 e. The summed E-state index contributed by atoms with van der Waals surface area (Å²) >= 11 is 0. The summed E-state index contributed by atoms with van der Waals surface area (Å²) in [6.07, 6.45) is 1.60. The van der Waals surface area contributed by atoms with E-state index in [1.807, 2.05) is 6.92 Å². The molecule has 0 saturated heterocycles. The SMILES string of the molecule is CN=Cc1oc(C)cc1N. The Kier molecular flexibility index (Phi) is 1.76. The van der Waals surface area contributed by atoms with Gasteiger partial charge in [0.15, 0.2) is 5.76 Å². The van der Waals surface area contributed by atoms with Gasteiger partial charge in [-0.05, 0) is 6.92 Å². The van der Waals surface area contributed by atoms with Gasteiger partial charge in [-0.25, -0.2) is 0 Å². The topological polar surface area (TPSA) is 51.5 Å². The van der Waals surface area contributed by atoms with Gasteiger partial charge in [0.25, 0.3) is 0 Å². The lowest BCUT2D eigenvalue weighted by molar-refractivity contribution is 0.529. The number of aryl methyl sites for hydroxylation is 1. The predicted octanol–water partition coefficient (Wildman–Crippen LogP) is 1.22. The van der Waals surface area contributed by atoms with Gasteiger partial charge in [0.05, 0.1) is 11.9 Å². The summed E-state index contributed by atoms with van der Waals surface area (Å²) in [5, 5.41) is 0. The second-order valence-electron chi connectivity index (χ2n) is 2.06. The number of hydrogen-bond donors (Lipinski definition) is 1. The number of nitrogen functional groups attached to an aromatic ring is 1. The summed E-state index contributed by atoms with van der Waals surface area (Å²) in [4.78, 5) is 3.78. The third kappa shape index (κ3) is 1.18. The molecule has 0 aliphatic heterocycles. The molecule has 1 rings (SSSR count). The Morgan fingerprint density at radius 2 is 2.40 bits per heavy atom. The third-order valence-corrected chi connectivity index (χ3v) is 1.16. The molecule has 0 fully saturated rings. The molecule has 1 heterocycles. The van der Waals surface area contributed by atoms with Crippen molar-refractivity contribution in [3.63, 3.8) is 0 Å². The highest BCUT2D eigenvalue weighted by Crippen LogP contribution is 2.13. The quantitative estimate of drug-likeness (QED) is 0.593. The van der Waals surface area contributed by atoms with E-state index in [9.17, 15) is 0 Å². The van der Waals surface area contributed by atoms with E-state index in [-0.39, 0.29) is 0 Å². The molecule has 0 aliphatic carbocycles. The normalized spacial score (nSPS) is 11.0. The Morgan fingerprint density at radius 1 is 1.70 bits per heavy atom. The van der Waals surface area contributed by atoms with Crippen molar-refractivity contribution in [3.8, 4) is 0 Å². The molecule has 10 heavy (non-hydrogen) atoms. The van der Waals surface area contributed by atoms with Crippen molar-refractivity contribution >= 4 is 11.9 Å². The van der Waals surface area contributed by atoms with Crippen molar-refractivity contribution in [2.24, 2.45) is 4.99 Å². The van der Waals surface area contributed by atoms with Gasteiger partial charge in [-0.2, -0.15) is 0 Å². The number of rotatable bonds is 1. The van der Waals surface area contributed by atoms with E-state index in [1.54, 1.807) is 19.3 Å². The molecule has 0 radical (unpaired) electrons. The Hall–Kier alpha value is -1.25. The maximum absolute atomic E-state index is 5.54. The molecule has 0 aliphatic rings. The van der Waals surface area contributed by atoms with Crippen molar-refractivity contribution in [2.75, 3.05) is 12.8 Å². The molecule has 0 atom stereocenters. The second-order valence-corrected chi connectivity index (χ2v) is 2.06. The van der Waals surface area contributed by atoms with Crippen LogP contribution in [0.5, 0.6) is 0 Å². The van der Waals surface area contributed by atoms with E-state index in [0.717, 1.165) is 5.76 Å². The Morgan fingerprint density at radius 3 is 2.80 bits per heavy atom. The minimum absolute atomic E-state index is 0.639. The van der Waals surface area contributed by atoms with E-state index in [2.05, 4.69) is 4.99 Å². The molecule has 0 unspecified atom stereocenters. The minimum Gasteiger partial charge on any atom is -0.458 e. The molecule has 0 saturated carbocycles. The largest absolute Gasteiger partial charge is 0.458 e. The lowest BCUT2D eigenvalue weighted by atomic mass is 10.4. The van der Waals surface area contributed by atoms with Crippen LogP contribution in [-0.2, 0) is 0 Å². The van der Waals surface area contributed by atoms with Gasteiger partial charge in [-0.3, -0.25) is 4.99 Å². The molecule has 1 aromatic rings.